The molecule has 6 heteroatoms. The van der Waals surface area contributed by atoms with E-state index in [1.807, 2.05) is 36.4 Å². The Bertz CT molecular complexity index is 1050. The lowest BCUT2D eigenvalue weighted by Crippen LogP contribution is -2.04. The third-order valence-electron chi connectivity index (χ3n) is 4.08. The number of nitrogens with one attached hydrogen (secondary N) is 2. The van der Waals surface area contributed by atoms with Crippen molar-refractivity contribution < 1.29 is 13.2 Å². The van der Waals surface area contributed by atoms with E-state index < -0.39 is 11.7 Å². The summed E-state index contributed by atoms with van der Waals surface area (Å²) >= 11 is 0. The number of alkyl halides is 3. The Morgan fingerprint density at radius 1 is 0.920 bits per heavy atom. The van der Waals surface area contributed by atoms with E-state index in [-0.39, 0.29) is 0 Å². The van der Waals surface area contributed by atoms with Crippen LogP contribution in [0.5, 0.6) is 0 Å². The minimum absolute atomic E-state index is 0.357. The zero-order chi connectivity index (χ0) is 17.4. The molecule has 126 valence electrons. The highest BCUT2D eigenvalue weighted by Gasteiger charge is 2.30. The summed E-state index contributed by atoms with van der Waals surface area (Å²) in [5.41, 5.74) is 1.23. The maximum absolute atomic E-state index is 12.8. The second kappa shape index (κ2) is 5.81. The van der Waals surface area contributed by atoms with E-state index in [1.54, 1.807) is 0 Å². The molecule has 4 rings (SSSR count). The van der Waals surface area contributed by atoms with Crippen LogP contribution < -0.4 is 5.32 Å². The average Bonchev–Trinajstić information content (AvgIpc) is 3.01. The molecule has 0 radical (unpaired) electrons. The Morgan fingerprint density at radius 3 is 2.52 bits per heavy atom. The van der Waals surface area contributed by atoms with Crippen LogP contribution >= 0.6 is 0 Å². The second-order valence-corrected chi connectivity index (χ2v) is 5.85. The molecule has 0 amide bonds. The highest BCUT2D eigenvalue weighted by molar-refractivity contribution is 5.83. The first-order valence-corrected chi connectivity index (χ1v) is 7.77. The molecule has 3 nitrogen and oxygen atoms in total. The van der Waals surface area contributed by atoms with Crippen LogP contribution in [0.25, 0.3) is 21.8 Å². The van der Waals surface area contributed by atoms with Crippen LogP contribution in [0.15, 0.2) is 60.7 Å². The Balaban J connectivity index is 1.55. The Kier molecular flexibility index (Phi) is 3.60. The predicted molar refractivity (Wildman–Crippen MR) is 92.4 cm³/mol. The Morgan fingerprint density at radius 2 is 1.72 bits per heavy atom. The smallest absolute Gasteiger partial charge is 0.352 e. The summed E-state index contributed by atoms with van der Waals surface area (Å²) in [5, 5.41) is 5.43. The topological polar surface area (TPSA) is 40.7 Å². The molecule has 25 heavy (non-hydrogen) atoms. The van der Waals surface area contributed by atoms with E-state index in [2.05, 4.69) is 21.4 Å². The number of rotatable bonds is 3. The van der Waals surface area contributed by atoms with E-state index >= 15 is 0 Å². The third kappa shape index (κ3) is 3.15. The van der Waals surface area contributed by atoms with Crippen LogP contribution in [0.3, 0.4) is 0 Å². The Hall–Kier alpha value is -3.02. The number of aromatic amines is 1. The summed E-state index contributed by atoms with van der Waals surface area (Å²) in [6.07, 6.45) is -4.36. The third-order valence-corrected chi connectivity index (χ3v) is 4.08. The van der Waals surface area contributed by atoms with E-state index in [4.69, 9.17) is 0 Å². The number of imidazole rings is 1. The first-order chi connectivity index (χ1) is 12.0. The van der Waals surface area contributed by atoms with Gasteiger partial charge in [-0.2, -0.15) is 13.2 Å². The van der Waals surface area contributed by atoms with Crippen molar-refractivity contribution in [1.29, 1.82) is 0 Å². The van der Waals surface area contributed by atoms with Crippen molar-refractivity contribution in [2.24, 2.45) is 0 Å². The summed E-state index contributed by atoms with van der Waals surface area (Å²) in [6.45, 7) is 0.525. The number of benzene rings is 3. The summed E-state index contributed by atoms with van der Waals surface area (Å²) in [4.78, 5) is 7.17. The lowest BCUT2D eigenvalue weighted by molar-refractivity contribution is -0.137. The molecule has 0 bridgehead atoms. The number of halogens is 3. The highest BCUT2D eigenvalue weighted by Crippen LogP contribution is 2.31. The molecule has 2 N–H and O–H groups in total. The van der Waals surface area contributed by atoms with Crippen molar-refractivity contribution in [3.8, 4) is 0 Å². The normalized spacial score (nSPS) is 12.0. The van der Waals surface area contributed by atoms with Gasteiger partial charge in [-0.15, -0.1) is 0 Å². The lowest BCUT2D eigenvalue weighted by atomic mass is 10.1. The number of H-pyrrole nitrogens is 1. The number of anilines is 1. The van der Waals surface area contributed by atoms with Gasteiger partial charge in [-0.05, 0) is 40.6 Å². The first kappa shape index (κ1) is 15.5. The quantitative estimate of drug-likeness (QED) is 0.527. The van der Waals surface area contributed by atoms with Gasteiger partial charge in [0.2, 0.25) is 5.95 Å². The number of hydrogen-bond acceptors (Lipinski definition) is 2. The fraction of sp³-hybridized carbons (Fsp3) is 0.105. The summed E-state index contributed by atoms with van der Waals surface area (Å²) < 4.78 is 38.3. The van der Waals surface area contributed by atoms with E-state index in [0.29, 0.717) is 23.5 Å². The molecule has 0 aliphatic rings. The summed E-state index contributed by atoms with van der Waals surface area (Å²) in [6, 6.07) is 17.7. The molecule has 0 saturated heterocycles. The standard InChI is InChI=1S/C19H14F3N3/c20-19(21,22)15-7-8-16-17(10-15)25-18(24-16)23-11-12-5-6-13-3-1-2-4-14(13)9-12/h1-10H,11H2,(H2,23,24,25). The van der Waals surface area contributed by atoms with Gasteiger partial charge in [0.15, 0.2) is 0 Å². The molecule has 0 aliphatic carbocycles. The molecule has 0 aliphatic heterocycles. The molecule has 3 aromatic carbocycles. The van der Waals surface area contributed by atoms with Crippen LogP contribution in [-0.2, 0) is 12.7 Å². The van der Waals surface area contributed by atoms with Crippen molar-refractivity contribution >= 4 is 27.8 Å². The molecule has 4 aromatic rings. The monoisotopic (exact) mass is 341 g/mol. The number of aromatic nitrogens is 2. The SMILES string of the molecule is FC(F)(F)c1ccc2nc(NCc3ccc4ccccc4c3)[nH]c2c1. The molecule has 0 spiro atoms. The average molecular weight is 341 g/mol. The first-order valence-electron chi connectivity index (χ1n) is 7.77. The minimum Gasteiger partial charge on any atom is -0.352 e. The van der Waals surface area contributed by atoms with Crippen LogP contribution in [-0.4, -0.2) is 9.97 Å². The van der Waals surface area contributed by atoms with Crippen molar-refractivity contribution in [3.63, 3.8) is 0 Å². The maximum atomic E-state index is 12.8. The van der Waals surface area contributed by atoms with Gasteiger partial charge in [-0.3, -0.25) is 0 Å². The maximum Gasteiger partial charge on any atom is 0.416 e. The molecular weight excluding hydrogens is 327 g/mol. The summed E-state index contributed by atoms with van der Waals surface area (Å²) in [7, 11) is 0. The molecular formula is C19H14F3N3. The summed E-state index contributed by atoms with van der Waals surface area (Å²) in [5.74, 6) is 0.447. The largest absolute Gasteiger partial charge is 0.416 e. The van der Waals surface area contributed by atoms with Gasteiger partial charge < -0.3 is 10.3 Å². The second-order valence-electron chi connectivity index (χ2n) is 5.85. The van der Waals surface area contributed by atoms with E-state index in [1.165, 1.54) is 6.07 Å². The number of hydrogen-bond donors (Lipinski definition) is 2. The zero-order valence-electron chi connectivity index (χ0n) is 13.1. The predicted octanol–water partition coefficient (Wildman–Crippen LogP) is 5.35. The van der Waals surface area contributed by atoms with Gasteiger partial charge >= 0.3 is 6.18 Å². The van der Waals surface area contributed by atoms with E-state index in [9.17, 15) is 13.2 Å². The van der Waals surface area contributed by atoms with Crippen molar-refractivity contribution in [1.82, 2.24) is 9.97 Å². The van der Waals surface area contributed by atoms with Gasteiger partial charge in [0.25, 0.3) is 0 Å². The minimum atomic E-state index is -4.36. The van der Waals surface area contributed by atoms with Crippen molar-refractivity contribution in [2.45, 2.75) is 12.7 Å². The van der Waals surface area contributed by atoms with Crippen LogP contribution in [0.4, 0.5) is 19.1 Å². The molecule has 1 aromatic heterocycles. The van der Waals surface area contributed by atoms with E-state index in [0.717, 1.165) is 28.5 Å². The van der Waals surface area contributed by atoms with Crippen molar-refractivity contribution in [3.05, 3.63) is 71.8 Å². The fourth-order valence-corrected chi connectivity index (χ4v) is 2.80. The van der Waals surface area contributed by atoms with Crippen LogP contribution in [0.1, 0.15) is 11.1 Å². The number of fused-ring (bicyclic) bond motifs is 2. The van der Waals surface area contributed by atoms with Crippen molar-refractivity contribution in [2.75, 3.05) is 5.32 Å². The molecule has 0 unspecified atom stereocenters. The molecule has 0 saturated carbocycles. The zero-order valence-corrected chi connectivity index (χ0v) is 13.1. The van der Waals surface area contributed by atoms with Crippen LogP contribution in [0, 0.1) is 0 Å². The van der Waals surface area contributed by atoms with Crippen LogP contribution in [0.2, 0.25) is 0 Å². The Labute approximate surface area is 141 Å². The lowest BCUT2D eigenvalue weighted by Gasteiger charge is -2.05. The number of nitrogens with zero attached hydrogens (tertiary/aromatic N) is 1. The van der Waals surface area contributed by atoms with Gasteiger partial charge in [-0.1, -0.05) is 36.4 Å². The highest BCUT2D eigenvalue weighted by atomic mass is 19.4. The molecule has 0 atom stereocenters. The van der Waals surface area contributed by atoms with Gasteiger partial charge in [0.05, 0.1) is 16.6 Å². The molecule has 0 fully saturated rings. The fourth-order valence-electron chi connectivity index (χ4n) is 2.80. The van der Waals surface area contributed by atoms with Gasteiger partial charge in [0.1, 0.15) is 0 Å². The van der Waals surface area contributed by atoms with Gasteiger partial charge in [0, 0.05) is 6.54 Å². The molecule has 1 heterocycles. The van der Waals surface area contributed by atoms with Gasteiger partial charge in [-0.25, -0.2) is 4.98 Å².